The van der Waals surface area contributed by atoms with Gasteiger partial charge >= 0.3 is 0 Å². The molecule has 0 unspecified atom stereocenters. The second-order valence-electron chi connectivity index (χ2n) is 12.2. The minimum Gasteiger partial charge on any atom is -0.338 e. The lowest BCUT2D eigenvalue weighted by Crippen LogP contribution is -2.39. The summed E-state index contributed by atoms with van der Waals surface area (Å²) in [6, 6.07) is 17.4. The van der Waals surface area contributed by atoms with E-state index in [-0.39, 0.29) is 5.54 Å². The third kappa shape index (κ3) is 18.0. The Hall–Kier alpha value is -1.41. The number of hydrogen-bond acceptors (Lipinski definition) is 2. The lowest BCUT2D eigenvalue weighted by atomic mass is 9.82. The fourth-order valence-corrected chi connectivity index (χ4v) is 7.01. The maximum atomic E-state index is 12.2. The number of rotatable bonds is 23. The van der Waals surface area contributed by atoms with E-state index >= 15 is 0 Å². The molecule has 3 N–H and O–H groups in total. The van der Waals surface area contributed by atoms with Crippen molar-refractivity contribution in [3.8, 4) is 0 Å². The van der Waals surface area contributed by atoms with Crippen molar-refractivity contribution in [2.75, 3.05) is 0 Å². The van der Waals surface area contributed by atoms with Crippen molar-refractivity contribution in [3.05, 3.63) is 60.7 Å². The molecule has 0 fully saturated rings. The molecule has 0 radical (unpaired) electrons. The molecule has 0 atom stereocenters. The van der Waals surface area contributed by atoms with Gasteiger partial charge in [-0.05, 0) is 43.5 Å². The summed E-state index contributed by atoms with van der Waals surface area (Å²) in [5.74, 6) is 0. The van der Waals surface area contributed by atoms with Gasteiger partial charge in [0.1, 0.15) is 0 Å². The van der Waals surface area contributed by atoms with E-state index in [0.29, 0.717) is 10.6 Å². The fourth-order valence-electron chi connectivity index (χ4n) is 5.56. The van der Waals surface area contributed by atoms with E-state index < -0.39 is 7.37 Å². The maximum absolute atomic E-state index is 12.2. The highest BCUT2D eigenvalue weighted by Crippen LogP contribution is 2.37. The van der Waals surface area contributed by atoms with Gasteiger partial charge in [-0.25, -0.2) is 0 Å². The molecular weight excluding hydrogens is 521 g/mol. The molecule has 41 heavy (non-hydrogen) atoms. The van der Waals surface area contributed by atoms with Crippen molar-refractivity contribution in [2.24, 2.45) is 5.73 Å². The molecule has 0 saturated carbocycles. The van der Waals surface area contributed by atoms with Crippen LogP contribution in [0.25, 0.3) is 0 Å². The SMILES string of the molecule is CCCCCCCCC(N)(CCCCCCCC)CCCCCCCC.O=P(O)(c1ccccc1)c1ccccc1. The van der Waals surface area contributed by atoms with E-state index in [2.05, 4.69) is 20.8 Å². The van der Waals surface area contributed by atoms with Crippen LogP contribution >= 0.6 is 7.37 Å². The van der Waals surface area contributed by atoms with Crippen molar-refractivity contribution < 1.29 is 9.46 Å². The molecule has 234 valence electrons. The van der Waals surface area contributed by atoms with Crippen LogP contribution in [0.3, 0.4) is 0 Å². The molecule has 4 heteroatoms. The van der Waals surface area contributed by atoms with Crippen LogP contribution in [0, 0.1) is 0 Å². The highest BCUT2D eigenvalue weighted by Gasteiger charge is 2.24. The lowest BCUT2D eigenvalue weighted by molar-refractivity contribution is 0.302. The number of nitrogens with two attached hydrogens (primary N) is 1. The minimum atomic E-state index is -3.40. The van der Waals surface area contributed by atoms with Crippen LogP contribution in [0.2, 0.25) is 0 Å². The van der Waals surface area contributed by atoms with Gasteiger partial charge in [-0.3, -0.25) is 4.57 Å². The van der Waals surface area contributed by atoms with Crippen LogP contribution in [0.15, 0.2) is 60.7 Å². The van der Waals surface area contributed by atoms with Gasteiger partial charge in [-0.15, -0.1) is 0 Å². The standard InChI is InChI=1S/C25H53N.C12H11O2P/c1-4-7-10-13-16-19-22-25(26,23-20-17-14-11-8-5-2)24-21-18-15-12-9-6-3;13-15(14,11-7-3-1-4-8-11)12-9-5-2-6-10-12/h4-24,26H2,1-3H3;1-10H,(H,13,14). The Kier molecular flexibility index (Phi) is 22.1. The molecular formula is C37H64NO2P. The number of benzene rings is 2. The van der Waals surface area contributed by atoms with Crippen molar-refractivity contribution in [3.63, 3.8) is 0 Å². The quantitative estimate of drug-likeness (QED) is 0.101. The minimum absolute atomic E-state index is 0.139. The maximum Gasteiger partial charge on any atom is 0.258 e. The Balaban J connectivity index is 0.000000468. The van der Waals surface area contributed by atoms with Crippen LogP contribution in [0.4, 0.5) is 0 Å². The van der Waals surface area contributed by atoms with E-state index in [0.717, 1.165) is 0 Å². The third-order valence-electron chi connectivity index (χ3n) is 8.30. The molecule has 0 amide bonds. The first-order chi connectivity index (χ1) is 19.9. The van der Waals surface area contributed by atoms with Crippen LogP contribution in [0.1, 0.15) is 156 Å². The van der Waals surface area contributed by atoms with Crippen molar-refractivity contribution >= 4 is 18.0 Å². The zero-order valence-corrected chi connectivity index (χ0v) is 27.9. The number of unbranched alkanes of at least 4 members (excludes halogenated alkanes) is 15. The fraction of sp³-hybridized carbons (Fsp3) is 0.676. The van der Waals surface area contributed by atoms with Gasteiger partial charge in [0, 0.05) is 16.1 Å². The first-order valence-corrected chi connectivity index (χ1v) is 18.8. The monoisotopic (exact) mass is 585 g/mol. The zero-order valence-electron chi connectivity index (χ0n) is 27.0. The Labute approximate surface area is 254 Å². The van der Waals surface area contributed by atoms with Crippen molar-refractivity contribution in [1.82, 2.24) is 0 Å². The second-order valence-corrected chi connectivity index (χ2v) is 14.3. The molecule has 2 aromatic rings. The van der Waals surface area contributed by atoms with Gasteiger partial charge in [-0.2, -0.15) is 0 Å². The smallest absolute Gasteiger partial charge is 0.258 e. The van der Waals surface area contributed by atoms with E-state index in [1.54, 1.807) is 48.5 Å². The van der Waals surface area contributed by atoms with E-state index in [4.69, 9.17) is 5.73 Å². The van der Waals surface area contributed by atoms with Crippen LogP contribution < -0.4 is 16.3 Å². The Morgan fingerprint density at radius 1 is 0.512 bits per heavy atom. The van der Waals surface area contributed by atoms with Crippen LogP contribution in [-0.4, -0.2) is 10.4 Å². The number of hydrogen-bond donors (Lipinski definition) is 2. The molecule has 0 aliphatic carbocycles. The summed E-state index contributed by atoms with van der Waals surface area (Å²) in [6.07, 6.45) is 28.8. The first kappa shape index (κ1) is 37.6. The average Bonchev–Trinajstić information content (AvgIpc) is 3.00. The molecule has 0 aromatic heterocycles. The van der Waals surface area contributed by atoms with Crippen molar-refractivity contribution in [2.45, 2.75) is 161 Å². The van der Waals surface area contributed by atoms with E-state index in [1.165, 1.54) is 135 Å². The summed E-state index contributed by atoms with van der Waals surface area (Å²) in [4.78, 5) is 10.0. The van der Waals surface area contributed by atoms with Gasteiger partial charge in [-0.1, -0.05) is 173 Å². The molecule has 0 heterocycles. The first-order valence-electron chi connectivity index (χ1n) is 17.1. The highest BCUT2D eigenvalue weighted by molar-refractivity contribution is 7.73. The normalized spacial score (nSPS) is 11.7. The summed E-state index contributed by atoms with van der Waals surface area (Å²) < 4.78 is 12.2. The average molecular weight is 586 g/mol. The van der Waals surface area contributed by atoms with E-state index in [1.807, 2.05) is 12.1 Å². The molecule has 0 spiro atoms. The van der Waals surface area contributed by atoms with Gasteiger partial charge in [0.25, 0.3) is 7.37 Å². The molecule has 0 aliphatic heterocycles. The summed E-state index contributed by atoms with van der Waals surface area (Å²) in [5.41, 5.74) is 7.06. The van der Waals surface area contributed by atoms with Crippen molar-refractivity contribution in [1.29, 1.82) is 0 Å². The molecule has 2 rings (SSSR count). The topological polar surface area (TPSA) is 63.3 Å². The molecule has 2 aromatic carbocycles. The summed E-state index contributed by atoms with van der Waals surface area (Å²) >= 11 is 0. The molecule has 0 aliphatic rings. The highest BCUT2D eigenvalue weighted by atomic mass is 31.2. The van der Waals surface area contributed by atoms with Crippen LogP contribution in [-0.2, 0) is 4.57 Å². The van der Waals surface area contributed by atoms with Gasteiger partial charge < -0.3 is 10.6 Å². The summed E-state index contributed by atoms with van der Waals surface area (Å²) in [7, 11) is -3.40. The van der Waals surface area contributed by atoms with Gasteiger partial charge in [0.2, 0.25) is 0 Å². The third-order valence-corrected chi connectivity index (χ3v) is 10.3. The molecule has 3 nitrogen and oxygen atoms in total. The molecule has 0 saturated heterocycles. The largest absolute Gasteiger partial charge is 0.338 e. The lowest BCUT2D eigenvalue weighted by Gasteiger charge is -2.30. The Bertz CT molecular complexity index is 802. The molecule has 0 bridgehead atoms. The summed E-state index contributed by atoms with van der Waals surface area (Å²) in [6.45, 7) is 6.89. The van der Waals surface area contributed by atoms with E-state index in [9.17, 15) is 9.46 Å². The Morgan fingerprint density at radius 2 is 0.780 bits per heavy atom. The Morgan fingerprint density at radius 3 is 1.07 bits per heavy atom. The van der Waals surface area contributed by atoms with Crippen LogP contribution in [0.5, 0.6) is 0 Å². The second kappa shape index (κ2) is 24.1. The zero-order chi connectivity index (χ0) is 30.1. The van der Waals surface area contributed by atoms with Gasteiger partial charge in [0.15, 0.2) is 0 Å². The predicted octanol–water partition coefficient (Wildman–Crippen LogP) is 10.8. The summed E-state index contributed by atoms with van der Waals surface area (Å²) in [5, 5.41) is 0.937. The predicted molar refractivity (Wildman–Crippen MR) is 183 cm³/mol. The van der Waals surface area contributed by atoms with Gasteiger partial charge in [0.05, 0.1) is 0 Å².